The monoisotopic (exact) mass is 375 g/mol. The summed E-state index contributed by atoms with van der Waals surface area (Å²) >= 11 is 13.7. The fourth-order valence-corrected chi connectivity index (χ4v) is 3.41. The maximum absolute atomic E-state index is 6.09. The molecule has 6 heteroatoms. The molecule has 1 aromatic heterocycles. The summed E-state index contributed by atoms with van der Waals surface area (Å²) in [5.74, 6) is 1.39. The van der Waals surface area contributed by atoms with Crippen LogP contribution in [0.2, 0.25) is 10.3 Å². The van der Waals surface area contributed by atoms with E-state index in [2.05, 4.69) is 58.6 Å². The highest BCUT2D eigenvalue weighted by molar-refractivity contribution is 7.98. The van der Waals surface area contributed by atoms with Crippen LogP contribution < -0.4 is 5.32 Å². The van der Waals surface area contributed by atoms with E-state index < -0.39 is 0 Å². The number of nitrogens with one attached hydrogen (secondary N) is 1. The molecule has 0 saturated carbocycles. The maximum Gasteiger partial charge on any atom is 0.224 e. The van der Waals surface area contributed by atoms with Crippen LogP contribution >= 0.6 is 35.0 Å². The van der Waals surface area contributed by atoms with Gasteiger partial charge in [-0.1, -0.05) is 41.4 Å². The van der Waals surface area contributed by atoms with Crippen molar-refractivity contribution in [1.82, 2.24) is 9.97 Å². The van der Waals surface area contributed by atoms with Crippen molar-refractivity contribution in [1.29, 1.82) is 0 Å². The quantitative estimate of drug-likeness (QED) is 0.430. The summed E-state index contributed by atoms with van der Waals surface area (Å²) in [7, 11) is 0. The Morgan fingerprint density at radius 2 is 1.92 bits per heavy atom. The van der Waals surface area contributed by atoms with Gasteiger partial charge < -0.3 is 5.32 Å². The predicted octanol–water partition coefficient (Wildman–Crippen LogP) is 6.13. The van der Waals surface area contributed by atoms with Gasteiger partial charge in [0.05, 0.1) is 6.20 Å². The average Bonchev–Trinajstić information content (AvgIpc) is 2.57. The Balaban J connectivity index is 1.71. The van der Waals surface area contributed by atoms with Crippen molar-refractivity contribution in [2.24, 2.45) is 0 Å². The van der Waals surface area contributed by atoms with E-state index in [0.29, 0.717) is 10.8 Å². The van der Waals surface area contributed by atoms with Gasteiger partial charge in [0.25, 0.3) is 0 Å². The number of aryl methyl sites for hydroxylation is 1. The van der Waals surface area contributed by atoms with Crippen LogP contribution in [0.25, 0.3) is 0 Å². The van der Waals surface area contributed by atoms with Gasteiger partial charge in [-0.25, -0.2) is 4.98 Å². The van der Waals surface area contributed by atoms with E-state index in [1.54, 1.807) is 0 Å². The number of halogens is 2. The second-order valence-electron chi connectivity index (χ2n) is 5.27. The van der Waals surface area contributed by atoms with Gasteiger partial charge in [-0.15, -0.1) is 11.8 Å². The van der Waals surface area contributed by atoms with Crippen molar-refractivity contribution in [2.75, 3.05) is 5.32 Å². The number of thioether (sulfide) groups is 1. The van der Waals surface area contributed by atoms with Gasteiger partial charge in [0.2, 0.25) is 5.28 Å². The molecule has 0 fully saturated rings. The van der Waals surface area contributed by atoms with E-state index in [0.717, 1.165) is 11.4 Å². The van der Waals surface area contributed by atoms with Gasteiger partial charge >= 0.3 is 0 Å². The average molecular weight is 376 g/mol. The number of nitrogens with zero attached hydrogens (tertiary/aromatic N) is 2. The third kappa shape index (κ3) is 4.63. The maximum atomic E-state index is 6.09. The zero-order valence-electron chi connectivity index (χ0n) is 13.0. The molecule has 0 unspecified atom stereocenters. The largest absolute Gasteiger partial charge is 0.339 e. The summed E-state index contributed by atoms with van der Waals surface area (Å²) in [6.45, 7) is 2.10. The molecule has 1 N–H and O–H groups in total. The van der Waals surface area contributed by atoms with Gasteiger partial charge in [-0.2, -0.15) is 4.98 Å². The molecule has 122 valence electrons. The zero-order valence-corrected chi connectivity index (χ0v) is 15.3. The lowest BCUT2D eigenvalue weighted by molar-refractivity contribution is 1.17. The van der Waals surface area contributed by atoms with Crippen molar-refractivity contribution in [3.8, 4) is 0 Å². The zero-order chi connectivity index (χ0) is 16.9. The Hall–Kier alpha value is -1.75. The van der Waals surface area contributed by atoms with E-state index >= 15 is 0 Å². The fourth-order valence-electron chi connectivity index (χ4n) is 2.18. The Morgan fingerprint density at radius 3 is 2.75 bits per heavy atom. The van der Waals surface area contributed by atoms with Crippen molar-refractivity contribution in [3.05, 3.63) is 76.2 Å². The topological polar surface area (TPSA) is 37.8 Å². The van der Waals surface area contributed by atoms with Crippen LogP contribution in [-0.2, 0) is 5.75 Å². The van der Waals surface area contributed by atoms with E-state index in [1.807, 2.05) is 23.9 Å². The van der Waals surface area contributed by atoms with Gasteiger partial charge in [0.1, 0.15) is 5.02 Å². The molecule has 0 spiro atoms. The Kier molecular flexibility index (Phi) is 5.61. The highest BCUT2D eigenvalue weighted by Gasteiger charge is 2.05. The first-order chi connectivity index (χ1) is 11.6. The van der Waals surface area contributed by atoms with Crippen LogP contribution in [0.5, 0.6) is 0 Å². The molecule has 3 rings (SSSR count). The first kappa shape index (κ1) is 17.1. The molecule has 0 aliphatic heterocycles. The fraction of sp³-hybridized carbons (Fsp3) is 0.111. The molecule has 2 aromatic carbocycles. The summed E-state index contributed by atoms with van der Waals surface area (Å²) in [5.41, 5.74) is 3.39. The number of benzene rings is 2. The van der Waals surface area contributed by atoms with Crippen LogP contribution in [0.4, 0.5) is 11.5 Å². The SMILES string of the molecule is Cc1cccc(SCc2cccc(Nc3nc(Cl)ncc3Cl)c2)c1. The molecule has 0 atom stereocenters. The van der Waals surface area contributed by atoms with E-state index in [-0.39, 0.29) is 5.28 Å². The lowest BCUT2D eigenvalue weighted by Gasteiger charge is -2.09. The Bertz CT molecular complexity index is 855. The van der Waals surface area contributed by atoms with Crippen molar-refractivity contribution in [3.63, 3.8) is 0 Å². The molecule has 0 aliphatic rings. The van der Waals surface area contributed by atoms with E-state index in [4.69, 9.17) is 23.2 Å². The summed E-state index contributed by atoms with van der Waals surface area (Å²) in [6.07, 6.45) is 1.48. The van der Waals surface area contributed by atoms with E-state index in [1.165, 1.54) is 22.2 Å². The smallest absolute Gasteiger partial charge is 0.224 e. The molecular formula is C18H15Cl2N3S. The van der Waals surface area contributed by atoms with E-state index in [9.17, 15) is 0 Å². The molecule has 24 heavy (non-hydrogen) atoms. The van der Waals surface area contributed by atoms with Crippen LogP contribution in [-0.4, -0.2) is 9.97 Å². The normalized spacial score (nSPS) is 10.6. The third-order valence-corrected chi connectivity index (χ3v) is 4.82. The number of aromatic nitrogens is 2. The van der Waals surface area contributed by atoms with Gasteiger partial charge in [0, 0.05) is 16.3 Å². The van der Waals surface area contributed by atoms with Crippen LogP contribution in [0.3, 0.4) is 0 Å². The third-order valence-electron chi connectivity index (χ3n) is 3.30. The molecule has 0 aliphatic carbocycles. The van der Waals surface area contributed by atoms with Gasteiger partial charge in [-0.3, -0.25) is 0 Å². The number of hydrogen-bond acceptors (Lipinski definition) is 4. The first-order valence-corrected chi connectivity index (χ1v) is 9.08. The molecule has 3 nitrogen and oxygen atoms in total. The summed E-state index contributed by atoms with van der Waals surface area (Å²) < 4.78 is 0. The molecule has 0 radical (unpaired) electrons. The Labute approximate surface area is 155 Å². The van der Waals surface area contributed by atoms with Crippen LogP contribution in [0.15, 0.2) is 59.6 Å². The first-order valence-electron chi connectivity index (χ1n) is 7.33. The lowest BCUT2D eigenvalue weighted by Crippen LogP contribution is -1.96. The highest BCUT2D eigenvalue weighted by atomic mass is 35.5. The van der Waals surface area contributed by atoms with Gasteiger partial charge in [0.15, 0.2) is 5.82 Å². The summed E-state index contributed by atoms with van der Waals surface area (Å²) in [6, 6.07) is 16.6. The molecule has 1 heterocycles. The lowest BCUT2D eigenvalue weighted by atomic mass is 10.2. The minimum absolute atomic E-state index is 0.160. The molecule has 0 bridgehead atoms. The Morgan fingerprint density at radius 1 is 1.08 bits per heavy atom. The summed E-state index contributed by atoms with van der Waals surface area (Å²) in [5, 5.41) is 3.77. The van der Waals surface area contributed by atoms with Crippen molar-refractivity contribution < 1.29 is 0 Å². The van der Waals surface area contributed by atoms with Crippen LogP contribution in [0.1, 0.15) is 11.1 Å². The van der Waals surface area contributed by atoms with Crippen LogP contribution in [0, 0.1) is 6.92 Å². The number of anilines is 2. The minimum atomic E-state index is 0.160. The minimum Gasteiger partial charge on any atom is -0.339 e. The second-order valence-corrected chi connectivity index (χ2v) is 7.06. The number of hydrogen-bond donors (Lipinski definition) is 1. The number of rotatable bonds is 5. The molecule has 0 saturated heterocycles. The van der Waals surface area contributed by atoms with Crippen molar-refractivity contribution in [2.45, 2.75) is 17.6 Å². The second kappa shape index (κ2) is 7.88. The van der Waals surface area contributed by atoms with Gasteiger partial charge in [-0.05, 0) is 48.4 Å². The molecule has 0 amide bonds. The molecule has 3 aromatic rings. The standard InChI is InChI=1S/C18H15Cl2N3S/c1-12-4-2-7-15(8-12)24-11-13-5-3-6-14(9-13)22-17-16(19)10-21-18(20)23-17/h2-10H,11H2,1H3,(H,21,22,23). The van der Waals surface area contributed by atoms with Crippen molar-refractivity contribution >= 4 is 46.5 Å². The summed E-state index contributed by atoms with van der Waals surface area (Å²) in [4.78, 5) is 9.22. The molecular weight excluding hydrogens is 361 g/mol. The predicted molar refractivity (Wildman–Crippen MR) is 103 cm³/mol. The highest BCUT2D eigenvalue weighted by Crippen LogP contribution is 2.27.